The van der Waals surface area contributed by atoms with Crippen molar-refractivity contribution < 1.29 is 4.79 Å². The van der Waals surface area contributed by atoms with E-state index in [0.29, 0.717) is 19.0 Å². The fourth-order valence-electron chi connectivity index (χ4n) is 3.31. The molecule has 3 rings (SSSR count). The van der Waals surface area contributed by atoms with Gasteiger partial charge < -0.3 is 9.80 Å². The second kappa shape index (κ2) is 8.08. The van der Waals surface area contributed by atoms with E-state index in [1.54, 1.807) is 0 Å². The van der Waals surface area contributed by atoms with Crippen LogP contribution in [-0.4, -0.2) is 46.3 Å². The van der Waals surface area contributed by atoms with Crippen molar-refractivity contribution in [3.63, 3.8) is 0 Å². The van der Waals surface area contributed by atoms with E-state index < -0.39 is 5.41 Å². The van der Waals surface area contributed by atoms with Gasteiger partial charge >= 0.3 is 0 Å². The van der Waals surface area contributed by atoms with Crippen molar-refractivity contribution in [1.29, 1.82) is 0 Å². The molecular formula is C22H29ClN4O. The predicted octanol–water partition coefficient (Wildman–Crippen LogP) is 4.14. The lowest BCUT2D eigenvalue weighted by Crippen LogP contribution is -2.45. The van der Waals surface area contributed by atoms with E-state index >= 15 is 0 Å². The Morgan fingerprint density at radius 1 is 1.25 bits per heavy atom. The number of carbonyl (C=O) groups is 1. The molecule has 5 nitrogen and oxygen atoms in total. The van der Waals surface area contributed by atoms with Gasteiger partial charge in [0.15, 0.2) is 5.82 Å². The van der Waals surface area contributed by atoms with E-state index in [-0.39, 0.29) is 11.9 Å². The molecule has 0 saturated carbocycles. The minimum Gasteiger partial charge on any atom is -0.357 e. The number of halogens is 1. The van der Waals surface area contributed by atoms with E-state index in [1.165, 1.54) is 0 Å². The van der Waals surface area contributed by atoms with Crippen molar-refractivity contribution in [2.45, 2.75) is 46.7 Å². The summed E-state index contributed by atoms with van der Waals surface area (Å²) in [6.07, 6.45) is 0.723. The molecule has 1 aromatic heterocycles. The summed E-state index contributed by atoms with van der Waals surface area (Å²) in [5.41, 5.74) is 2.50. The molecule has 28 heavy (non-hydrogen) atoms. The summed E-state index contributed by atoms with van der Waals surface area (Å²) in [7, 11) is 2.05. The van der Waals surface area contributed by atoms with Crippen LogP contribution in [0.4, 0.5) is 5.82 Å². The molecule has 0 unspecified atom stereocenters. The molecule has 6 heteroatoms. The van der Waals surface area contributed by atoms with E-state index in [0.717, 1.165) is 34.9 Å². The molecule has 150 valence electrons. The Labute approximate surface area is 172 Å². The number of aromatic nitrogens is 2. The van der Waals surface area contributed by atoms with Crippen molar-refractivity contribution >= 4 is 23.3 Å². The van der Waals surface area contributed by atoms with Crippen molar-refractivity contribution in [2.24, 2.45) is 5.41 Å². The van der Waals surface area contributed by atoms with Gasteiger partial charge in [-0.2, -0.15) is 0 Å². The van der Waals surface area contributed by atoms with Crippen LogP contribution in [0, 0.1) is 5.41 Å². The zero-order valence-corrected chi connectivity index (χ0v) is 18.1. The molecule has 2 heterocycles. The summed E-state index contributed by atoms with van der Waals surface area (Å²) >= 11 is 6.04. The number of hydrogen-bond donors (Lipinski definition) is 0. The number of alkyl halides is 1. The van der Waals surface area contributed by atoms with Crippen molar-refractivity contribution in [3.8, 4) is 11.4 Å². The maximum Gasteiger partial charge on any atom is 0.229 e. The van der Waals surface area contributed by atoms with Gasteiger partial charge in [0.2, 0.25) is 5.91 Å². The van der Waals surface area contributed by atoms with Gasteiger partial charge in [0.1, 0.15) is 5.82 Å². The molecule has 0 fully saturated rings. The number of rotatable bonds is 5. The maximum atomic E-state index is 13.0. The number of benzene rings is 1. The highest BCUT2D eigenvalue weighted by molar-refractivity contribution is 6.19. The van der Waals surface area contributed by atoms with Crippen LogP contribution >= 0.6 is 11.6 Å². The lowest BCUT2D eigenvalue weighted by Gasteiger charge is -2.36. The second-order valence-corrected chi connectivity index (χ2v) is 8.63. The Bertz CT molecular complexity index is 851. The van der Waals surface area contributed by atoms with Crippen molar-refractivity contribution in [1.82, 2.24) is 14.9 Å². The molecule has 1 aliphatic rings. The Morgan fingerprint density at radius 3 is 2.54 bits per heavy atom. The minimum atomic E-state index is -0.575. The lowest BCUT2D eigenvalue weighted by atomic mass is 9.92. The molecule has 1 aliphatic heterocycles. The first-order valence-electron chi connectivity index (χ1n) is 9.78. The van der Waals surface area contributed by atoms with Crippen molar-refractivity contribution in [2.75, 3.05) is 24.4 Å². The Balaban J connectivity index is 2.04. The predicted molar refractivity (Wildman–Crippen MR) is 115 cm³/mol. The molecule has 0 saturated heterocycles. The van der Waals surface area contributed by atoms with Gasteiger partial charge in [0, 0.05) is 43.1 Å². The zero-order valence-electron chi connectivity index (χ0n) is 17.4. The number of hydrogen-bond acceptors (Lipinski definition) is 4. The average Bonchev–Trinajstić information content (AvgIpc) is 2.71. The highest BCUT2D eigenvalue weighted by Crippen LogP contribution is 2.32. The standard InChI is InChI=1S/C22H29ClN4O/c1-15(2)26(5)20-17-13-27(21(28)22(3,4)14-23)12-11-18(17)24-19(25-20)16-9-7-6-8-10-16/h6-10,15H,11-14H2,1-5H3. The summed E-state index contributed by atoms with van der Waals surface area (Å²) in [5.74, 6) is 2.03. The van der Waals surface area contributed by atoms with E-state index in [9.17, 15) is 4.79 Å². The Hall–Kier alpha value is -2.14. The number of carbonyl (C=O) groups excluding carboxylic acids is 1. The molecule has 2 aromatic rings. The summed E-state index contributed by atoms with van der Waals surface area (Å²) in [6.45, 7) is 9.25. The lowest BCUT2D eigenvalue weighted by molar-refractivity contribution is -0.140. The number of nitrogens with zero attached hydrogens (tertiary/aromatic N) is 4. The molecule has 0 atom stereocenters. The van der Waals surface area contributed by atoms with Crippen LogP contribution < -0.4 is 4.90 Å². The van der Waals surface area contributed by atoms with Crippen LogP contribution in [0.15, 0.2) is 30.3 Å². The molecular weight excluding hydrogens is 372 g/mol. The molecule has 0 aliphatic carbocycles. The van der Waals surface area contributed by atoms with Crippen LogP contribution in [0.2, 0.25) is 0 Å². The number of amides is 1. The van der Waals surface area contributed by atoms with E-state index in [2.05, 4.69) is 18.7 Å². The van der Waals surface area contributed by atoms with Gasteiger partial charge in [-0.15, -0.1) is 11.6 Å². The van der Waals surface area contributed by atoms with Gasteiger partial charge in [-0.3, -0.25) is 4.79 Å². The Morgan fingerprint density at radius 2 is 1.93 bits per heavy atom. The number of anilines is 1. The highest BCUT2D eigenvalue weighted by atomic mass is 35.5. The smallest absolute Gasteiger partial charge is 0.229 e. The third-order valence-corrected chi connectivity index (χ3v) is 6.05. The van der Waals surface area contributed by atoms with Gasteiger partial charge in [0.05, 0.1) is 17.7 Å². The highest BCUT2D eigenvalue weighted by Gasteiger charge is 2.35. The van der Waals surface area contributed by atoms with Crippen LogP contribution in [-0.2, 0) is 17.8 Å². The number of fused-ring (bicyclic) bond motifs is 1. The first-order chi connectivity index (χ1) is 13.2. The summed E-state index contributed by atoms with van der Waals surface area (Å²) in [4.78, 5) is 26.8. The largest absolute Gasteiger partial charge is 0.357 e. The monoisotopic (exact) mass is 400 g/mol. The molecule has 0 bridgehead atoms. The molecule has 1 amide bonds. The maximum absolute atomic E-state index is 13.0. The molecule has 0 radical (unpaired) electrons. The van der Waals surface area contributed by atoms with Gasteiger partial charge in [-0.05, 0) is 27.7 Å². The van der Waals surface area contributed by atoms with Crippen LogP contribution in [0.1, 0.15) is 39.0 Å². The molecule has 1 aromatic carbocycles. The topological polar surface area (TPSA) is 49.3 Å². The van der Waals surface area contributed by atoms with E-state index in [1.807, 2.05) is 56.1 Å². The average molecular weight is 401 g/mol. The quantitative estimate of drug-likeness (QED) is 0.708. The third-order valence-electron chi connectivity index (χ3n) is 5.38. The summed E-state index contributed by atoms with van der Waals surface area (Å²) in [6, 6.07) is 10.3. The van der Waals surface area contributed by atoms with Gasteiger partial charge in [-0.1, -0.05) is 30.3 Å². The minimum absolute atomic E-state index is 0.0819. The third kappa shape index (κ3) is 4.00. The Kier molecular flexibility index (Phi) is 5.94. The van der Waals surface area contributed by atoms with Gasteiger partial charge in [0.25, 0.3) is 0 Å². The van der Waals surface area contributed by atoms with Crippen LogP contribution in [0.3, 0.4) is 0 Å². The fraction of sp³-hybridized carbons (Fsp3) is 0.500. The first kappa shape index (κ1) is 20.6. The van der Waals surface area contributed by atoms with Crippen molar-refractivity contribution in [3.05, 3.63) is 41.6 Å². The van der Waals surface area contributed by atoms with E-state index in [4.69, 9.17) is 21.6 Å². The zero-order chi connectivity index (χ0) is 20.5. The second-order valence-electron chi connectivity index (χ2n) is 8.36. The SMILES string of the molecule is CC(C)N(C)c1nc(-c2ccccc2)nc2c1CN(C(=O)C(C)(C)CCl)CC2. The first-order valence-corrected chi connectivity index (χ1v) is 10.3. The summed E-state index contributed by atoms with van der Waals surface area (Å²) < 4.78 is 0. The normalized spacial score (nSPS) is 14.2. The molecule has 0 spiro atoms. The van der Waals surface area contributed by atoms with Gasteiger partial charge in [-0.25, -0.2) is 9.97 Å². The fourth-order valence-corrected chi connectivity index (χ4v) is 3.42. The molecule has 0 N–H and O–H groups in total. The van der Waals surface area contributed by atoms with Crippen LogP contribution in [0.5, 0.6) is 0 Å². The van der Waals surface area contributed by atoms with Crippen LogP contribution in [0.25, 0.3) is 11.4 Å². The summed E-state index contributed by atoms with van der Waals surface area (Å²) in [5, 5.41) is 0.